The second-order valence-corrected chi connectivity index (χ2v) is 4.58. The predicted molar refractivity (Wildman–Crippen MR) is 67.3 cm³/mol. The molecule has 0 radical (unpaired) electrons. The van der Waals surface area contributed by atoms with E-state index in [1.165, 1.54) is 12.1 Å². The highest BCUT2D eigenvalue weighted by Gasteiger charge is 2.17. The van der Waals surface area contributed by atoms with Crippen molar-refractivity contribution in [2.45, 2.75) is 39.3 Å². The van der Waals surface area contributed by atoms with E-state index in [2.05, 4.69) is 18.8 Å². The van der Waals surface area contributed by atoms with Crippen LogP contribution in [0, 0.1) is 5.82 Å². The van der Waals surface area contributed by atoms with Gasteiger partial charge in [-0.15, -0.1) is 0 Å². The van der Waals surface area contributed by atoms with Gasteiger partial charge in [0.2, 0.25) is 0 Å². The summed E-state index contributed by atoms with van der Waals surface area (Å²) in [4.78, 5) is 4.52. The van der Waals surface area contributed by atoms with E-state index in [9.17, 15) is 4.39 Å². The molecule has 2 N–H and O–H groups in total. The van der Waals surface area contributed by atoms with Crippen LogP contribution in [0.1, 0.15) is 45.1 Å². The average molecular weight is 235 g/mol. The van der Waals surface area contributed by atoms with E-state index in [0.717, 1.165) is 23.3 Å². The second kappa shape index (κ2) is 4.45. The molecule has 2 rings (SSSR count). The fraction of sp³-hybridized carbons (Fsp3) is 0.462. The Morgan fingerprint density at radius 3 is 2.71 bits per heavy atom. The van der Waals surface area contributed by atoms with E-state index >= 15 is 0 Å². The maximum atomic E-state index is 13.3. The molecule has 0 saturated heterocycles. The zero-order valence-electron chi connectivity index (χ0n) is 10.4. The fourth-order valence-corrected chi connectivity index (χ4v) is 2.07. The number of halogens is 1. The number of imidazole rings is 1. The normalized spacial score (nSPS) is 13.5. The van der Waals surface area contributed by atoms with E-state index in [1.807, 2.05) is 11.5 Å². The summed E-state index contributed by atoms with van der Waals surface area (Å²) in [5.74, 6) is 0.596. The minimum atomic E-state index is -0.240. The molecule has 0 bridgehead atoms. The smallest absolute Gasteiger partial charge is 0.127 e. The molecule has 1 aromatic heterocycles. The van der Waals surface area contributed by atoms with Crippen LogP contribution >= 0.6 is 0 Å². The van der Waals surface area contributed by atoms with Gasteiger partial charge in [-0.2, -0.15) is 0 Å². The number of nitrogens with two attached hydrogens (primary N) is 1. The molecule has 1 heterocycles. The van der Waals surface area contributed by atoms with E-state index < -0.39 is 0 Å². The second-order valence-electron chi connectivity index (χ2n) is 4.58. The molecule has 2 aromatic rings. The van der Waals surface area contributed by atoms with Gasteiger partial charge in [-0.3, -0.25) is 0 Å². The van der Waals surface area contributed by atoms with Crippen molar-refractivity contribution in [1.82, 2.24) is 9.55 Å². The topological polar surface area (TPSA) is 43.8 Å². The first-order valence-electron chi connectivity index (χ1n) is 5.97. The van der Waals surface area contributed by atoms with Crippen molar-refractivity contribution < 1.29 is 4.39 Å². The highest BCUT2D eigenvalue weighted by atomic mass is 19.1. The Labute approximate surface area is 100 Å². The number of hydrogen-bond donors (Lipinski definition) is 1. The standard InChI is InChI=1S/C13H18FN3/c1-4-10(15)13-16-11-6-5-9(14)7-12(11)17(13)8(2)3/h5-8,10H,4,15H2,1-3H3. The molecule has 92 valence electrons. The Morgan fingerprint density at radius 2 is 2.12 bits per heavy atom. The zero-order chi connectivity index (χ0) is 12.6. The first-order valence-corrected chi connectivity index (χ1v) is 5.97. The van der Waals surface area contributed by atoms with Gasteiger partial charge in [0.25, 0.3) is 0 Å². The van der Waals surface area contributed by atoms with Crippen molar-refractivity contribution in [3.63, 3.8) is 0 Å². The van der Waals surface area contributed by atoms with Crippen molar-refractivity contribution in [3.05, 3.63) is 29.8 Å². The number of benzene rings is 1. The van der Waals surface area contributed by atoms with Gasteiger partial charge in [-0.05, 0) is 38.5 Å². The zero-order valence-corrected chi connectivity index (χ0v) is 10.4. The van der Waals surface area contributed by atoms with Crippen LogP contribution in [0.4, 0.5) is 4.39 Å². The molecule has 1 unspecified atom stereocenters. The molecule has 0 aliphatic heterocycles. The number of rotatable bonds is 3. The van der Waals surface area contributed by atoms with Gasteiger partial charge in [-0.1, -0.05) is 6.92 Å². The van der Waals surface area contributed by atoms with Crippen LogP contribution in [0.15, 0.2) is 18.2 Å². The molecule has 17 heavy (non-hydrogen) atoms. The SMILES string of the molecule is CCC(N)c1nc2ccc(F)cc2n1C(C)C. The summed E-state index contributed by atoms with van der Waals surface area (Å²) in [5, 5.41) is 0. The van der Waals surface area contributed by atoms with Crippen molar-refractivity contribution in [1.29, 1.82) is 0 Å². The summed E-state index contributed by atoms with van der Waals surface area (Å²) in [6.07, 6.45) is 0.818. The van der Waals surface area contributed by atoms with Crippen molar-refractivity contribution >= 4 is 11.0 Å². The number of fused-ring (bicyclic) bond motifs is 1. The van der Waals surface area contributed by atoms with Crippen molar-refractivity contribution in [3.8, 4) is 0 Å². The van der Waals surface area contributed by atoms with Crippen molar-refractivity contribution in [2.24, 2.45) is 5.73 Å². The van der Waals surface area contributed by atoms with Gasteiger partial charge in [0, 0.05) is 6.04 Å². The van der Waals surface area contributed by atoms with Gasteiger partial charge in [0.05, 0.1) is 17.1 Å². The Bertz CT molecular complexity index is 531. The molecule has 0 saturated carbocycles. The van der Waals surface area contributed by atoms with Gasteiger partial charge in [0.15, 0.2) is 0 Å². The Balaban J connectivity index is 2.71. The minimum Gasteiger partial charge on any atom is -0.324 e. The van der Waals surface area contributed by atoms with Crippen LogP contribution < -0.4 is 5.73 Å². The lowest BCUT2D eigenvalue weighted by Crippen LogP contribution is -2.17. The Kier molecular flexibility index (Phi) is 3.15. The molecular formula is C13H18FN3. The number of aromatic nitrogens is 2. The molecule has 1 aromatic carbocycles. The number of nitrogens with zero attached hydrogens (tertiary/aromatic N) is 2. The van der Waals surface area contributed by atoms with Crippen molar-refractivity contribution in [2.75, 3.05) is 0 Å². The number of hydrogen-bond acceptors (Lipinski definition) is 2. The lowest BCUT2D eigenvalue weighted by atomic mass is 10.2. The molecule has 0 fully saturated rings. The summed E-state index contributed by atoms with van der Waals surface area (Å²) in [6, 6.07) is 4.77. The molecule has 0 spiro atoms. The Morgan fingerprint density at radius 1 is 1.41 bits per heavy atom. The van der Waals surface area contributed by atoms with Crippen LogP contribution in [0.25, 0.3) is 11.0 Å². The molecule has 0 aliphatic rings. The van der Waals surface area contributed by atoms with Crippen LogP contribution in [0.2, 0.25) is 0 Å². The third kappa shape index (κ3) is 2.05. The third-order valence-corrected chi connectivity index (χ3v) is 2.97. The van der Waals surface area contributed by atoms with Crippen LogP contribution in [0.5, 0.6) is 0 Å². The maximum Gasteiger partial charge on any atom is 0.127 e. The van der Waals surface area contributed by atoms with E-state index in [-0.39, 0.29) is 17.9 Å². The van der Waals surface area contributed by atoms with Crippen LogP contribution in [-0.2, 0) is 0 Å². The maximum absolute atomic E-state index is 13.3. The lowest BCUT2D eigenvalue weighted by molar-refractivity contribution is 0.534. The molecule has 3 nitrogen and oxygen atoms in total. The molecule has 0 aliphatic carbocycles. The monoisotopic (exact) mass is 235 g/mol. The van der Waals surface area contributed by atoms with E-state index in [4.69, 9.17) is 5.73 Å². The van der Waals surface area contributed by atoms with Crippen LogP contribution in [-0.4, -0.2) is 9.55 Å². The summed E-state index contributed by atoms with van der Waals surface area (Å²) in [6.45, 7) is 6.13. The third-order valence-electron chi connectivity index (χ3n) is 2.97. The summed E-state index contributed by atoms with van der Waals surface area (Å²) in [5.41, 5.74) is 7.68. The summed E-state index contributed by atoms with van der Waals surface area (Å²) >= 11 is 0. The van der Waals surface area contributed by atoms with Gasteiger partial charge in [-0.25, -0.2) is 9.37 Å². The van der Waals surface area contributed by atoms with Gasteiger partial charge < -0.3 is 10.3 Å². The first-order chi connectivity index (χ1) is 8.04. The summed E-state index contributed by atoms with van der Waals surface area (Å²) in [7, 11) is 0. The first kappa shape index (κ1) is 12.0. The van der Waals surface area contributed by atoms with E-state index in [0.29, 0.717) is 0 Å². The molecule has 4 heteroatoms. The fourth-order valence-electron chi connectivity index (χ4n) is 2.07. The average Bonchev–Trinajstić information content (AvgIpc) is 2.66. The predicted octanol–water partition coefficient (Wildman–Crippen LogP) is 3.17. The van der Waals surface area contributed by atoms with Gasteiger partial charge >= 0.3 is 0 Å². The van der Waals surface area contributed by atoms with Gasteiger partial charge in [0.1, 0.15) is 11.6 Å². The largest absolute Gasteiger partial charge is 0.324 e. The Hall–Kier alpha value is -1.42. The highest BCUT2D eigenvalue weighted by molar-refractivity contribution is 5.76. The van der Waals surface area contributed by atoms with E-state index in [1.54, 1.807) is 6.07 Å². The quantitative estimate of drug-likeness (QED) is 0.888. The van der Waals surface area contributed by atoms with Crippen LogP contribution in [0.3, 0.4) is 0 Å². The highest BCUT2D eigenvalue weighted by Crippen LogP contribution is 2.25. The lowest BCUT2D eigenvalue weighted by Gasteiger charge is -2.16. The molecule has 1 atom stereocenters. The molecular weight excluding hydrogens is 217 g/mol. The summed E-state index contributed by atoms with van der Waals surface area (Å²) < 4.78 is 15.3. The minimum absolute atomic E-state index is 0.104. The molecule has 0 amide bonds.